The quantitative estimate of drug-likeness (QED) is 0.765. The summed E-state index contributed by atoms with van der Waals surface area (Å²) in [6, 6.07) is 12.8. The average molecular weight is 363 g/mol. The van der Waals surface area contributed by atoms with Crippen molar-refractivity contribution in [2.45, 2.75) is 26.3 Å². The van der Waals surface area contributed by atoms with Crippen molar-refractivity contribution < 1.29 is 9.59 Å². The minimum Gasteiger partial charge on any atom is -0.353 e. The van der Waals surface area contributed by atoms with E-state index in [-0.39, 0.29) is 11.8 Å². The van der Waals surface area contributed by atoms with Gasteiger partial charge in [0.2, 0.25) is 5.91 Å². The summed E-state index contributed by atoms with van der Waals surface area (Å²) in [5.74, 6) is -0.355. The summed E-state index contributed by atoms with van der Waals surface area (Å²) in [7, 11) is 0. The molecule has 1 saturated heterocycles. The molecule has 27 heavy (non-hydrogen) atoms. The molecule has 1 aromatic carbocycles. The molecule has 1 fully saturated rings. The Morgan fingerprint density at radius 1 is 1.22 bits per heavy atom. The van der Waals surface area contributed by atoms with Gasteiger partial charge in [-0.15, -0.1) is 0 Å². The molecular weight excluding hydrogens is 342 g/mol. The number of nitrogens with one attached hydrogen (secondary N) is 1. The van der Waals surface area contributed by atoms with E-state index < -0.39 is 6.04 Å². The molecule has 2 amide bonds. The molecule has 0 spiro atoms. The summed E-state index contributed by atoms with van der Waals surface area (Å²) in [5.41, 5.74) is 3.67. The lowest BCUT2D eigenvalue weighted by atomic mass is 10.0. The average Bonchev–Trinajstić information content (AvgIpc) is 3.04. The normalized spacial score (nSPS) is 17.2. The summed E-state index contributed by atoms with van der Waals surface area (Å²) >= 11 is 0. The zero-order valence-corrected chi connectivity index (χ0v) is 15.3. The number of aromatic nitrogens is 3. The standard InChI is InChI=1S/C20H21N5O2/c1-13-10-18-22-16(11-14(2)25(18)23-13)20(27)24-9-8-21-19(26)17(24)12-15-6-4-3-5-7-15/h3-7,10-11,17H,8-9,12H2,1-2H3,(H,21,26)/t17-/m0/s1. The third-order valence-corrected chi connectivity index (χ3v) is 4.81. The first kappa shape index (κ1) is 17.2. The molecule has 7 heteroatoms. The number of carbonyl (C=O) groups excluding carboxylic acids is 2. The number of carbonyl (C=O) groups is 2. The van der Waals surface area contributed by atoms with Crippen LogP contribution in [0.25, 0.3) is 5.65 Å². The van der Waals surface area contributed by atoms with E-state index in [9.17, 15) is 9.59 Å². The number of piperazine rings is 1. The predicted octanol–water partition coefficient (Wildman–Crippen LogP) is 1.53. The Morgan fingerprint density at radius 3 is 2.78 bits per heavy atom. The molecule has 138 valence electrons. The van der Waals surface area contributed by atoms with Gasteiger partial charge in [0.25, 0.3) is 5.91 Å². The SMILES string of the molecule is Cc1cc2nc(C(=O)N3CCNC(=O)[C@@H]3Cc3ccccc3)cc(C)n2n1. The molecular formula is C20H21N5O2. The Labute approximate surface area is 157 Å². The van der Waals surface area contributed by atoms with Crippen molar-refractivity contribution >= 4 is 17.5 Å². The molecule has 3 heterocycles. The molecule has 0 bridgehead atoms. The van der Waals surface area contributed by atoms with Gasteiger partial charge in [-0.1, -0.05) is 30.3 Å². The maximum atomic E-state index is 13.2. The van der Waals surface area contributed by atoms with Crippen LogP contribution in [0.2, 0.25) is 0 Å². The third kappa shape index (κ3) is 3.28. The van der Waals surface area contributed by atoms with Crippen LogP contribution in [0, 0.1) is 13.8 Å². The van der Waals surface area contributed by atoms with E-state index in [0.717, 1.165) is 17.0 Å². The molecule has 0 unspecified atom stereocenters. The summed E-state index contributed by atoms with van der Waals surface area (Å²) in [4.78, 5) is 31.8. The third-order valence-electron chi connectivity index (χ3n) is 4.81. The van der Waals surface area contributed by atoms with E-state index in [2.05, 4.69) is 15.4 Å². The van der Waals surface area contributed by atoms with Gasteiger partial charge in [0, 0.05) is 31.3 Å². The highest BCUT2D eigenvalue weighted by Crippen LogP contribution is 2.17. The maximum absolute atomic E-state index is 13.2. The second kappa shape index (κ2) is 6.83. The number of hydrogen-bond donors (Lipinski definition) is 1. The fourth-order valence-corrected chi connectivity index (χ4v) is 3.49. The van der Waals surface area contributed by atoms with Crippen molar-refractivity contribution in [1.29, 1.82) is 0 Å². The highest BCUT2D eigenvalue weighted by atomic mass is 16.2. The minimum absolute atomic E-state index is 0.128. The van der Waals surface area contributed by atoms with Crippen LogP contribution in [-0.4, -0.2) is 50.4 Å². The smallest absolute Gasteiger partial charge is 0.273 e. The van der Waals surface area contributed by atoms with E-state index in [1.807, 2.05) is 50.2 Å². The van der Waals surface area contributed by atoms with Crippen LogP contribution >= 0.6 is 0 Å². The number of fused-ring (bicyclic) bond motifs is 1. The van der Waals surface area contributed by atoms with Gasteiger partial charge < -0.3 is 10.2 Å². The van der Waals surface area contributed by atoms with Crippen molar-refractivity contribution in [3.05, 3.63) is 65.1 Å². The highest BCUT2D eigenvalue weighted by Gasteiger charge is 2.34. The number of rotatable bonds is 3. The lowest BCUT2D eigenvalue weighted by Gasteiger charge is -2.35. The van der Waals surface area contributed by atoms with Crippen molar-refractivity contribution in [1.82, 2.24) is 24.8 Å². The monoisotopic (exact) mass is 363 g/mol. The zero-order chi connectivity index (χ0) is 19.0. The van der Waals surface area contributed by atoms with E-state index in [0.29, 0.717) is 30.9 Å². The lowest BCUT2D eigenvalue weighted by molar-refractivity contribution is -0.127. The molecule has 1 atom stereocenters. The number of hydrogen-bond acceptors (Lipinski definition) is 4. The molecule has 1 aliphatic heterocycles. The highest BCUT2D eigenvalue weighted by molar-refractivity contribution is 5.97. The summed E-state index contributed by atoms with van der Waals surface area (Å²) in [6.45, 7) is 4.69. The Balaban J connectivity index is 1.67. The maximum Gasteiger partial charge on any atom is 0.273 e. The number of benzene rings is 1. The van der Waals surface area contributed by atoms with Crippen molar-refractivity contribution in [2.75, 3.05) is 13.1 Å². The first-order valence-corrected chi connectivity index (χ1v) is 8.99. The first-order chi connectivity index (χ1) is 13.0. The van der Waals surface area contributed by atoms with E-state index in [1.54, 1.807) is 15.5 Å². The summed E-state index contributed by atoms with van der Waals surface area (Å²) < 4.78 is 1.72. The van der Waals surface area contributed by atoms with Crippen LogP contribution in [0.1, 0.15) is 27.4 Å². The van der Waals surface area contributed by atoms with Gasteiger partial charge in [-0.2, -0.15) is 5.10 Å². The minimum atomic E-state index is -0.543. The molecule has 1 N–H and O–H groups in total. The fourth-order valence-electron chi connectivity index (χ4n) is 3.49. The van der Waals surface area contributed by atoms with Crippen LogP contribution in [0.15, 0.2) is 42.5 Å². The van der Waals surface area contributed by atoms with Crippen LogP contribution < -0.4 is 5.32 Å². The van der Waals surface area contributed by atoms with Gasteiger partial charge in [-0.3, -0.25) is 9.59 Å². The lowest BCUT2D eigenvalue weighted by Crippen LogP contribution is -2.58. The van der Waals surface area contributed by atoms with Crippen LogP contribution in [0.3, 0.4) is 0 Å². The molecule has 7 nitrogen and oxygen atoms in total. The van der Waals surface area contributed by atoms with Crippen LogP contribution in [0.4, 0.5) is 0 Å². The van der Waals surface area contributed by atoms with E-state index in [1.165, 1.54) is 0 Å². The van der Waals surface area contributed by atoms with Crippen molar-refractivity contribution in [2.24, 2.45) is 0 Å². The Bertz CT molecular complexity index is 1010. The topological polar surface area (TPSA) is 79.6 Å². The van der Waals surface area contributed by atoms with E-state index in [4.69, 9.17) is 0 Å². The zero-order valence-electron chi connectivity index (χ0n) is 15.3. The molecule has 1 aliphatic rings. The van der Waals surface area contributed by atoms with Gasteiger partial charge >= 0.3 is 0 Å². The summed E-state index contributed by atoms with van der Waals surface area (Å²) in [6.07, 6.45) is 0.478. The molecule has 3 aromatic rings. The van der Waals surface area contributed by atoms with Gasteiger partial charge in [-0.05, 0) is 25.5 Å². The Kier molecular flexibility index (Phi) is 4.35. The van der Waals surface area contributed by atoms with Crippen molar-refractivity contribution in [3.63, 3.8) is 0 Å². The number of amides is 2. The largest absolute Gasteiger partial charge is 0.353 e. The molecule has 0 aliphatic carbocycles. The van der Waals surface area contributed by atoms with E-state index >= 15 is 0 Å². The molecule has 0 saturated carbocycles. The van der Waals surface area contributed by atoms with Gasteiger partial charge in [-0.25, -0.2) is 9.50 Å². The van der Waals surface area contributed by atoms with Gasteiger partial charge in [0.05, 0.1) is 5.69 Å². The first-order valence-electron chi connectivity index (χ1n) is 8.99. The predicted molar refractivity (Wildman–Crippen MR) is 100 cm³/mol. The second-order valence-corrected chi connectivity index (χ2v) is 6.83. The van der Waals surface area contributed by atoms with Crippen LogP contribution in [-0.2, 0) is 11.2 Å². The van der Waals surface area contributed by atoms with Crippen LogP contribution in [0.5, 0.6) is 0 Å². The molecule has 0 radical (unpaired) electrons. The number of nitrogens with zero attached hydrogens (tertiary/aromatic N) is 4. The van der Waals surface area contributed by atoms with Gasteiger partial charge in [0.15, 0.2) is 5.65 Å². The fraction of sp³-hybridized carbons (Fsp3) is 0.300. The van der Waals surface area contributed by atoms with Gasteiger partial charge in [0.1, 0.15) is 11.7 Å². The second-order valence-electron chi connectivity index (χ2n) is 6.83. The molecule has 4 rings (SSSR count). The molecule has 2 aromatic heterocycles. The van der Waals surface area contributed by atoms with Crippen molar-refractivity contribution in [3.8, 4) is 0 Å². The Hall–Kier alpha value is -3.22. The Morgan fingerprint density at radius 2 is 2.00 bits per heavy atom. The summed E-state index contributed by atoms with van der Waals surface area (Å²) in [5, 5.41) is 7.24. The number of aryl methyl sites for hydroxylation is 2.